The van der Waals surface area contributed by atoms with Crippen LogP contribution in [0.2, 0.25) is 0 Å². The zero-order valence-corrected chi connectivity index (χ0v) is 11.9. The monoisotopic (exact) mass is 273 g/mol. The third kappa shape index (κ3) is 3.50. The Morgan fingerprint density at radius 3 is 2.35 bits per heavy atom. The molecule has 0 radical (unpaired) electrons. The predicted molar refractivity (Wildman–Crippen MR) is 80.7 cm³/mol. The molecule has 1 atom stereocenters. The summed E-state index contributed by atoms with van der Waals surface area (Å²) >= 11 is 0. The highest BCUT2D eigenvalue weighted by molar-refractivity contribution is 5.48. The van der Waals surface area contributed by atoms with Crippen molar-refractivity contribution in [1.29, 1.82) is 0 Å². The normalized spacial score (nSPS) is 11.9. The van der Waals surface area contributed by atoms with Gasteiger partial charge in [0, 0.05) is 11.3 Å². The first-order valence-electron chi connectivity index (χ1n) is 6.98. The molecule has 0 amide bonds. The Labute approximate surface area is 119 Å². The molecule has 1 N–H and O–H groups in total. The maximum absolute atomic E-state index is 13.8. The molecule has 0 bridgehead atoms. The van der Waals surface area contributed by atoms with E-state index in [1.807, 2.05) is 50.2 Å². The van der Waals surface area contributed by atoms with Crippen LogP contribution in [0.3, 0.4) is 0 Å². The Bertz CT molecular complexity index is 539. The highest BCUT2D eigenvalue weighted by atomic mass is 19.1. The number of nitrogens with one attached hydrogen (secondary N) is 1. The lowest BCUT2D eigenvalue weighted by Crippen LogP contribution is -2.11. The number of benzene rings is 2. The van der Waals surface area contributed by atoms with E-state index in [4.69, 9.17) is 4.74 Å². The summed E-state index contributed by atoms with van der Waals surface area (Å²) in [5.41, 5.74) is 1.66. The van der Waals surface area contributed by atoms with Crippen LogP contribution in [-0.4, -0.2) is 6.61 Å². The van der Waals surface area contributed by atoms with E-state index >= 15 is 0 Å². The molecule has 2 nitrogen and oxygen atoms in total. The molecule has 106 valence electrons. The van der Waals surface area contributed by atoms with Crippen LogP contribution in [0, 0.1) is 5.82 Å². The van der Waals surface area contributed by atoms with E-state index in [0.717, 1.165) is 17.9 Å². The molecule has 0 aromatic heterocycles. The standard InChI is InChI=1S/C17H20FNO/c1-3-17(15-7-5-6-8-16(15)18)19-13-9-11-14(12-10-13)20-4-2/h5-12,17,19H,3-4H2,1-2H3. The van der Waals surface area contributed by atoms with Gasteiger partial charge in [-0.15, -0.1) is 0 Å². The van der Waals surface area contributed by atoms with Crippen molar-refractivity contribution in [3.63, 3.8) is 0 Å². The summed E-state index contributed by atoms with van der Waals surface area (Å²) in [7, 11) is 0. The van der Waals surface area contributed by atoms with E-state index in [9.17, 15) is 4.39 Å². The van der Waals surface area contributed by atoms with Crippen molar-refractivity contribution in [3.8, 4) is 5.75 Å². The van der Waals surface area contributed by atoms with E-state index in [1.165, 1.54) is 6.07 Å². The quantitative estimate of drug-likeness (QED) is 0.817. The Hall–Kier alpha value is -2.03. The van der Waals surface area contributed by atoms with Gasteiger partial charge >= 0.3 is 0 Å². The average molecular weight is 273 g/mol. The highest BCUT2D eigenvalue weighted by Crippen LogP contribution is 2.25. The first-order valence-corrected chi connectivity index (χ1v) is 6.98. The molecule has 0 saturated heterocycles. The molecule has 0 aliphatic heterocycles. The Kier molecular flexibility index (Phi) is 4.99. The molecule has 0 heterocycles. The van der Waals surface area contributed by atoms with Crippen molar-refractivity contribution >= 4 is 5.69 Å². The predicted octanol–water partition coefficient (Wildman–Crippen LogP) is 4.79. The largest absolute Gasteiger partial charge is 0.494 e. The van der Waals surface area contributed by atoms with E-state index in [-0.39, 0.29) is 11.9 Å². The van der Waals surface area contributed by atoms with Crippen LogP contribution < -0.4 is 10.1 Å². The van der Waals surface area contributed by atoms with E-state index in [1.54, 1.807) is 6.07 Å². The summed E-state index contributed by atoms with van der Waals surface area (Å²) in [6.07, 6.45) is 0.814. The molecule has 1 unspecified atom stereocenters. The van der Waals surface area contributed by atoms with Gasteiger partial charge in [0.05, 0.1) is 12.6 Å². The van der Waals surface area contributed by atoms with Crippen molar-refractivity contribution in [2.45, 2.75) is 26.3 Å². The summed E-state index contributed by atoms with van der Waals surface area (Å²) < 4.78 is 19.2. The zero-order valence-electron chi connectivity index (χ0n) is 11.9. The number of hydrogen-bond acceptors (Lipinski definition) is 2. The van der Waals surface area contributed by atoms with Crippen LogP contribution in [0.5, 0.6) is 5.75 Å². The molecule has 2 aromatic carbocycles. The van der Waals surface area contributed by atoms with Crippen molar-refractivity contribution in [1.82, 2.24) is 0 Å². The minimum atomic E-state index is -0.169. The van der Waals surface area contributed by atoms with Gasteiger partial charge in [0.2, 0.25) is 0 Å². The van der Waals surface area contributed by atoms with E-state index in [2.05, 4.69) is 5.32 Å². The zero-order chi connectivity index (χ0) is 14.4. The van der Waals surface area contributed by atoms with Crippen molar-refractivity contribution in [2.24, 2.45) is 0 Å². The molecular weight excluding hydrogens is 253 g/mol. The number of rotatable bonds is 6. The fourth-order valence-electron chi connectivity index (χ4n) is 2.17. The second-order valence-corrected chi connectivity index (χ2v) is 4.58. The lowest BCUT2D eigenvalue weighted by Gasteiger charge is -2.19. The molecule has 0 aliphatic rings. The lowest BCUT2D eigenvalue weighted by atomic mass is 10.0. The number of halogens is 1. The van der Waals surface area contributed by atoms with Gasteiger partial charge in [-0.25, -0.2) is 4.39 Å². The molecule has 0 fully saturated rings. The molecule has 0 aliphatic carbocycles. The van der Waals surface area contributed by atoms with Crippen LogP contribution in [0.1, 0.15) is 31.9 Å². The SMILES string of the molecule is CCOc1ccc(NC(CC)c2ccccc2F)cc1. The van der Waals surface area contributed by atoms with Gasteiger partial charge in [0.25, 0.3) is 0 Å². The number of hydrogen-bond donors (Lipinski definition) is 1. The van der Waals surface area contributed by atoms with Gasteiger partial charge in [-0.05, 0) is 43.7 Å². The first-order chi connectivity index (χ1) is 9.74. The van der Waals surface area contributed by atoms with Crippen molar-refractivity contribution in [3.05, 3.63) is 59.9 Å². The smallest absolute Gasteiger partial charge is 0.128 e. The van der Waals surface area contributed by atoms with Gasteiger partial charge in [-0.3, -0.25) is 0 Å². The average Bonchev–Trinajstić information content (AvgIpc) is 2.48. The van der Waals surface area contributed by atoms with Gasteiger partial charge < -0.3 is 10.1 Å². The van der Waals surface area contributed by atoms with E-state index in [0.29, 0.717) is 12.2 Å². The molecular formula is C17H20FNO. The Morgan fingerprint density at radius 2 is 1.75 bits per heavy atom. The second-order valence-electron chi connectivity index (χ2n) is 4.58. The molecule has 3 heteroatoms. The van der Waals surface area contributed by atoms with Crippen LogP contribution in [0.25, 0.3) is 0 Å². The first kappa shape index (κ1) is 14.4. The maximum Gasteiger partial charge on any atom is 0.128 e. The van der Waals surface area contributed by atoms with Gasteiger partial charge in [-0.2, -0.15) is 0 Å². The summed E-state index contributed by atoms with van der Waals surface area (Å²) in [6.45, 7) is 4.65. The lowest BCUT2D eigenvalue weighted by molar-refractivity contribution is 0.340. The van der Waals surface area contributed by atoms with Crippen LogP contribution in [0.4, 0.5) is 10.1 Å². The summed E-state index contributed by atoms with van der Waals surface area (Å²) in [5, 5.41) is 3.36. The minimum Gasteiger partial charge on any atom is -0.494 e. The summed E-state index contributed by atoms with van der Waals surface area (Å²) in [5.74, 6) is 0.676. The highest BCUT2D eigenvalue weighted by Gasteiger charge is 2.13. The molecule has 2 rings (SSSR count). The third-order valence-electron chi connectivity index (χ3n) is 3.20. The van der Waals surface area contributed by atoms with Crippen molar-refractivity contribution in [2.75, 3.05) is 11.9 Å². The van der Waals surface area contributed by atoms with E-state index < -0.39 is 0 Å². The van der Waals surface area contributed by atoms with Gasteiger partial charge in [0.15, 0.2) is 0 Å². The molecule has 0 spiro atoms. The van der Waals surface area contributed by atoms with Crippen molar-refractivity contribution < 1.29 is 9.13 Å². The number of anilines is 1. The van der Waals surface area contributed by atoms with Gasteiger partial charge in [-0.1, -0.05) is 25.1 Å². The molecule has 0 saturated carbocycles. The Balaban J connectivity index is 2.12. The minimum absolute atomic E-state index is 0.0332. The van der Waals surface area contributed by atoms with Gasteiger partial charge in [0.1, 0.15) is 11.6 Å². The second kappa shape index (κ2) is 6.94. The maximum atomic E-state index is 13.8. The van der Waals surface area contributed by atoms with Crippen LogP contribution in [0.15, 0.2) is 48.5 Å². The molecule has 20 heavy (non-hydrogen) atoms. The number of ether oxygens (including phenoxy) is 1. The third-order valence-corrected chi connectivity index (χ3v) is 3.20. The summed E-state index contributed by atoms with van der Waals surface area (Å²) in [6, 6.07) is 14.6. The fraction of sp³-hybridized carbons (Fsp3) is 0.294. The van der Waals surface area contributed by atoms with Crippen LogP contribution in [-0.2, 0) is 0 Å². The summed E-state index contributed by atoms with van der Waals surface area (Å²) in [4.78, 5) is 0. The molecule has 2 aromatic rings. The van der Waals surface area contributed by atoms with Crippen LogP contribution >= 0.6 is 0 Å². The fourth-order valence-corrected chi connectivity index (χ4v) is 2.17. The topological polar surface area (TPSA) is 21.3 Å². The Morgan fingerprint density at radius 1 is 1.05 bits per heavy atom.